The number of nitrogens with one attached hydrogen (secondary N) is 1. The van der Waals surface area contributed by atoms with E-state index in [2.05, 4.69) is 15.5 Å². The van der Waals surface area contributed by atoms with Gasteiger partial charge in [-0.1, -0.05) is 36.4 Å². The number of nitrogens with zero attached hydrogens (tertiary/aromatic N) is 4. The quantitative estimate of drug-likeness (QED) is 0.243. The minimum atomic E-state index is -4.53. The predicted octanol–water partition coefficient (Wildman–Crippen LogP) is 6.83. The lowest BCUT2D eigenvalue weighted by Gasteiger charge is -2.17. The van der Waals surface area contributed by atoms with Crippen LogP contribution in [0.2, 0.25) is 0 Å². The number of hydrogen-bond acceptors (Lipinski definition) is 4. The highest BCUT2D eigenvalue weighted by atomic mass is 19.4. The third-order valence-corrected chi connectivity index (χ3v) is 6.46. The highest BCUT2D eigenvalue weighted by molar-refractivity contribution is 6.05. The molecule has 0 aliphatic heterocycles. The number of alkyl halides is 3. The Morgan fingerprint density at radius 1 is 0.900 bits per heavy atom. The van der Waals surface area contributed by atoms with Crippen LogP contribution in [-0.2, 0) is 12.8 Å². The summed E-state index contributed by atoms with van der Waals surface area (Å²) in [5.74, 6) is 0.0682. The summed E-state index contributed by atoms with van der Waals surface area (Å²) in [6, 6.07) is 23.3. The van der Waals surface area contributed by atoms with Crippen molar-refractivity contribution >= 4 is 11.6 Å². The van der Waals surface area contributed by atoms with Gasteiger partial charge in [-0.15, -0.1) is 5.10 Å². The molecule has 3 aromatic carbocycles. The standard InChI is InChI=1S/C30H26F3N5O2/c1-19-16-25(21(3)37(19)28-15-8-7-14-26(28)30(31,32)33)29(39)34-22-10-9-13-24(17-22)40-18-27-20(2)35-38(36-27)23-11-5-4-6-12-23/h4-17H,18H2,1-3H3,(H,34,39). The van der Waals surface area contributed by atoms with Gasteiger partial charge in [0.25, 0.3) is 5.91 Å². The highest BCUT2D eigenvalue weighted by Gasteiger charge is 2.34. The topological polar surface area (TPSA) is 74.0 Å². The van der Waals surface area contributed by atoms with E-state index in [1.807, 2.05) is 37.3 Å². The summed E-state index contributed by atoms with van der Waals surface area (Å²) in [6.45, 7) is 5.32. The minimum Gasteiger partial charge on any atom is -0.487 e. The first-order chi connectivity index (χ1) is 19.1. The number of hydrogen-bond donors (Lipinski definition) is 1. The molecule has 0 aliphatic rings. The lowest BCUT2D eigenvalue weighted by molar-refractivity contribution is -0.137. The number of carbonyl (C=O) groups is 1. The summed E-state index contributed by atoms with van der Waals surface area (Å²) in [5.41, 5.74) is 3.10. The van der Waals surface area contributed by atoms with Gasteiger partial charge in [0.1, 0.15) is 18.1 Å². The molecule has 0 atom stereocenters. The number of ether oxygens (including phenoxy) is 1. The first-order valence-corrected chi connectivity index (χ1v) is 12.5. The Morgan fingerprint density at radius 3 is 2.38 bits per heavy atom. The minimum absolute atomic E-state index is 0.0288. The number of aryl methyl sites for hydroxylation is 2. The van der Waals surface area contributed by atoms with E-state index in [0.29, 0.717) is 28.5 Å². The molecule has 40 heavy (non-hydrogen) atoms. The van der Waals surface area contributed by atoms with Crippen LogP contribution in [0.5, 0.6) is 5.75 Å². The molecule has 2 heterocycles. The van der Waals surface area contributed by atoms with E-state index < -0.39 is 17.6 Å². The van der Waals surface area contributed by atoms with Gasteiger partial charge in [0.15, 0.2) is 0 Å². The second kappa shape index (κ2) is 10.7. The molecule has 5 rings (SSSR count). The molecular formula is C30H26F3N5O2. The molecule has 0 spiro atoms. The van der Waals surface area contributed by atoms with Crippen LogP contribution in [0.15, 0.2) is 84.9 Å². The number of para-hydroxylation sites is 2. The second-order valence-electron chi connectivity index (χ2n) is 9.26. The van der Waals surface area contributed by atoms with E-state index in [-0.39, 0.29) is 17.9 Å². The zero-order valence-electron chi connectivity index (χ0n) is 22.0. The van der Waals surface area contributed by atoms with Crippen molar-refractivity contribution in [3.05, 3.63) is 119 Å². The van der Waals surface area contributed by atoms with Crippen LogP contribution in [0, 0.1) is 20.8 Å². The summed E-state index contributed by atoms with van der Waals surface area (Å²) in [5, 5.41) is 11.8. The van der Waals surface area contributed by atoms with Crippen molar-refractivity contribution in [3.8, 4) is 17.1 Å². The molecule has 0 bridgehead atoms. The van der Waals surface area contributed by atoms with E-state index >= 15 is 0 Å². The lowest BCUT2D eigenvalue weighted by Crippen LogP contribution is -2.15. The van der Waals surface area contributed by atoms with Crippen molar-refractivity contribution in [3.63, 3.8) is 0 Å². The van der Waals surface area contributed by atoms with Crippen LogP contribution < -0.4 is 10.1 Å². The van der Waals surface area contributed by atoms with Gasteiger partial charge in [-0.3, -0.25) is 4.79 Å². The maximum absolute atomic E-state index is 13.6. The Bertz CT molecular complexity index is 1670. The largest absolute Gasteiger partial charge is 0.487 e. The van der Waals surface area contributed by atoms with Crippen LogP contribution in [0.4, 0.5) is 18.9 Å². The molecule has 0 saturated heterocycles. The van der Waals surface area contributed by atoms with Gasteiger partial charge in [-0.05, 0) is 63.2 Å². The average Bonchev–Trinajstić information content (AvgIpc) is 3.45. The Morgan fingerprint density at radius 2 is 1.62 bits per heavy atom. The smallest absolute Gasteiger partial charge is 0.418 e. The van der Waals surface area contributed by atoms with Gasteiger partial charge in [-0.25, -0.2) is 0 Å². The van der Waals surface area contributed by atoms with Crippen molar-refractivity contribution in [1.29, 1.82) is 0 Å². The summed E-state index contributed by atoms with van der Waals surface area (Å²) < 4.78 is 48.3. The van der Waals surface area contributed by atoms with E-state index in [0.717, 1.165) is 17.4 Å². The number of benzene rings is 3. The Kier molecular flexibility index (Phi) is 7.17. The van der Waals surface area contributed by atoms with Crippen molar-refractivity contribution in [2.75, 3.05) is 5.32 Å². The number of halogens is 3. The van der Waals surface area contributed by atoms with Gasteiger partial charge in [0.05, 0.1) is 28.2 Å². The molecule has 0 radical (unpaired) electrons. The zero-order chi connectivity index (χ0) is 28.4. The Hall–Kier alpha value is -4.86. The van der Waals surface area contributed by atoms with Crippen LogP contribution in [0.25, 0.3) is 11.4 Å². The van der Waals surface area contributed by atoms with Gasteiger partial charge in [0, 0.05) is 23.1 Å². The SMILES string of the molecule is Cc1nn(-c2ccccc2)nc1COc1cccc(NC(=O)c2cc(C)n(-c3ccccc3C(F)(F)F)c2C)c1. The molecule has 0 fully saturated rings. The fourth-order valence-corrected chi connectivity index (χ4v) is 4.50. The molecule has 10 heteroatoms. The highest BCUT2D eigenvalue weighted by Crippen LogP contribution is 2.35. The number of amides is 1. The molecule has 1 amide bonds. The Balaban J connectivity index is 1.32. The normalized spacial score (nSPS) is 11.4. The maximum Gasteiger partial charge on any atom is 0.418 e. The Labute approximate surface area is 228 Å². The summed E-state index contributed by atoms with van der Waals surface area (Å²) >= 11 is 0. The maximum atomic E-state index is 13.6. The van der Waals surface area contributed by atoms with Crippen LogP contribution in [-0.4, -0.2) is 25.5 Å². The van der Waals surface area contributed by atoms with E-state index in [1.54, 1.807) is 55.0 Å². The molecule has 204 valence electrons. The van der Waals surface area contributed by atoms with Gasteiger partial charge in [0.2, 0.25) is 0 Å². The monoisotopic (exact) mass is 545 g/mol. The van der Waals surface area contributed by atoms with E-state index in [4.69, 9.17) is 4.74 Å². The number of aromatic nitrogens is 4. The van der Waals surface area contributed by atoms with Gasteiger partial charge in [-0.2, -0.15) is 23.1 Å². The van der Waals surface area contributed by atoms with Crippen molar-refractivity contribution in [1.82, 2.24) is 19.6 Å². The number of rotatable bonds is 7. The van der Waals surface area contributed by atoms with Crippen LogP contribution in [0.1, 0.15) is 38.7 Å². The molecule has 2 aromatic heterocycles. The fraction of sp³-hybridized carbons (Fsp3) is 0.167. The molecule has 7 nitrogen and oxygen atoms in total. The average molecular weight is 546 g/mol. The molecule has 1 N–H and O–H groups in total. The van der Waals surface area contributed by atoms with Gasteiger partial charge >= 0.3 is 6.18 Å². The molecule has 0 unspecified atom stereocenters. The van der Waals surface area contributed by atoms with Gasteiger partial charge < -0.3 is 14.6 Å². The van der Waals surface area contributed by atoms with Crippen LogP contribution in [0.3, 0.4) is 0 Å². The molecule has 5 aromatic rings. The predicted molar refractivity (Wildman–Crippen MR) is 145 cm³/mol. The fourth-order valence-electron chi connectivity index (χ4n) is 4.50. The molecule has 0 saturated carbocycles. The molecular weight excluding hydrogens is 519 g/mol. The summed E-state index contributed by atoms with van der Waals surface area (Å²) in [4.78, 5) is 14.7. The van der Waals surface area contributed by atoms with Crippen molar-refractivity contribution < 1.29 is 22.7 Å². The van der Waals surface area contributed by atoms with Crippen molar-refractivity contribution in [2.24, 2.45) is 0 Å². The summed E-state index contributed by atoms with van der Waals surface area (Å²) in [6.07, 6.45) is -4.53. The first kappa shape index (κ1) is 26.7. The zero-order valence-corrected chi connectivity index (χ0v) is 22.0. The second-order valence-corrected chi connectivity index (χ2v) is 9.26. The van der Waals surface area contributed by atoms with E-state index in [9.17, 15) is 18.0 Å². The molecule has 0 aliphatic carbocycles. The summed E-state index contributed by atoms with van der Waals surface area (Å²) in [7, 11) is 0. The number of carbonyl (C=O) groups excluding carboxylic acids is 1. The first-order valence-electron chi connectivity index (χ1n) is 12.5. The third-order valence-electron chi connectivity index (χ3n) is 6.46. The lowest BCUT2D eigenvalue weighted by atomic mass is 10.1. The number of anilines is 1. The van der Waals surface area contributed by atoms with Crippen molar-refractivity contribution in [2.45, 2.75) is 33.6 Å². The van der Waals surface area contributed by atoms with E-state index in [1.165, 1.54) is 16.7 Å². The third kappa shape index (κ3) is 5.47. The van der Waals surface area contributed by atoms with Crippen LogP contribution >= 0.6 is 0 Å².